The molecule has 0 saturated heterocycles. The summed E-state index contributed by atoms with van der Waals surface area (Å²) in [6, 6.07) is 22.2. The van der Waals surface area contributed by atoms with E-state index in [1.54, 1.807) is 24.3 Å². The third-order valence-electron chi connectivity index (χ3n) is 4.49. The molecule has 5 nitrogen and oxygen atoms in total. The topological polar surface area (TPSA) is 63.7 Å². The normalized spacial score (nSPS) is 11.1. The number of hydrogen-bond acceptors (Lipinski definition) is 4. The molecule has 0 aliphatic carbocycles. The molecule has 0 amide bonds. The molecule has 0 radical (unpaired) electrons. The number of sulfonamides is 1. The van der Waals surface area contributed by atoms with Gasteiger partial charge in [0.2, 0.25) is 0 Å². The molecule has 3 rings (SSSR count). The van der Waals surface area contributed by atoms with Crippen LogP contribution in [-0.2, 0) is 21.4 Å². The van der Waals surface area contributed by atoms with Crippen molar-refractivity contribution in [2.24, 2.45) is 0 Å². The Morgan fingerprint density at radius 3 is 2.14 bits per heavy atom. The quantitative estimate of drug-likeness (QED) is 0.588. The Hall–Kier alpha value is -3.12. The van der Waals surface area contributed by atoms with Gasteiger partial charge in [0.05, 0.1) is 16.1 Å². The lowest BCUT2D eigenvalue weighted by atomic mass is 10.1. The number of carbonyl (C=O) groups excluding carboxylic acids is 1. The van der Waals surface area contributed by atoms with Crippen molar-refractivity contribution in [1.82, 2.24) is 0 Å². The number of ether oxygens (including phenoxy) is 1. The van der Waals surface area contributed by atoms with Crippen molar-refractivity contribution in [3.05, 3.63) is 95.6 Å². The van der Waals surface area contributed by atoms with Gasteiger partial charge in [0, 0.05) is 7.05 Å². The molecule has 3 aromatic carbocycles. The monoisotopic (exact) mass is 395 g/mol. The highest BCUT2D eigenvalue weighted by molar-refractivity contribution is 7.92. The molecule has 0 aliphatic heterocycles. The maximum absolute atomic E-state index is 12.8. The van der Waals surface area contributed by atoms with Gasteiger partial charge in [-0.3, -0.25) is 4.31 Å². The van der Waals surface area contributed by atoms with Crippen LogP contribution >= 0.6 is 0 Å². The minimum absolute atomic E-state index is 0.106. The van der Waals surface area contributed by atoms with E-state index in [-0.39, 0.29) is 11.5 Å². The van der Waals surface area contributed by atoms with Gasteiger partial charge in [-0.25, -0.2) is 13.2 Å². The fourth-order valence-corrected chi connectivity index (χ4v) is 3.89. The molecular formula is C22H21NO4S. The summed E-state index contributed by atoms with van der Waals surface area (Å²) < 4.78 is 32.1. The number of para-hydroxylation sites is 1. The molecular weight excluding hydrogens is 374 g/mol. The molecule has 0 bridgehead atoms. The van der Waals surface area contributed by atoms with Crippen molar-refractivity contribution in [3.8, 4) is 0 Å². The number of carbonyl (C=O) groups is 1. The summed E-state index contributed by atoms with van der Waals surface area (Å²) >= 11 is 0. The van der Waals surface area contributed by atoms with E-state index in [2.05, 4.69) is 0 Å². The molecule has 0 N–H and O–H groups in total. The highest BCUT2D eigenvalue weighted by Crippen LogP contribution is 2.22. The fraction of sp³-hybridized carbons (Fsp3) is 0.136. The van der Waals surface area contributed by atoms with Crippen LogP contribution in [0.4, 0.5) is 5.69 Å². The van der Waals surface area contributed by atoms with Crippen molar-refractivity contribution < 1.29 is 17.9 Å². The minimum atomic E-state index is -3.71. The van der Waals surface area contributed by atoms with Crippen molar-refractivity contribution in [2.75, 3.05) is 11.4 Å². The molecule has 28 heavy (non-hydrogen) atoms. The molecule has 0 fully saturated rings. The number of esters is 1. The Bertz CT molecular complexity index is 1060. The number of rotatable bonds is 6. The largest absolute Gasteiger partial charge is 0.457 e. The average Bonchev–Trinajstić information content (AvgIpc) is 2.73. The van der Waals surface area contributed by atoms with E-state index in [9.17, 15) is 13.2 Å². The first-order chi connectivity index (χ1) is 13.4. The predicted octanol–water partition coefficient (Wildman–Crippen LogP) is 4.18. The highest BCUT2D eigenvalue weighted by Gasteiger charge is 2.21. The van der Waals surface area contributed by atoms with Gasteiger partial charge in [0.1, 0.15) is 6.61 Å². The smallest absolute Gasteiger partial charge is 0.338 e. The molecule has 0 unspecified atom stereocenters. The van der Waals surface area contributed by atoms with E-state index in [1.165, 1.54) is 35.6 Å². The summed E-state index contributed by atoms with van der Waals surface area (Å²) in [5.74, 6) is -0.497. The zero-order valence-electron chi connectivity index (χ0n) is 15.7. The van der Waals surface area contributed by atoms with Crippen LogP contribution in [0.5, 0.6) is 0 Å². The Morgan fingerprint density at radius 1 is 0.893 bits per heavy atom. The first-order valence-electron chi connectivity index (χ1n) is 8.75. The van der Waals surface area contributed by atoms with Gasteiger partial charge in [-0.1, -0.05) is 42.5 Å². The second-order valence-corrected chi connectivity index (χ2v) is 8.30. The van der Waals surface area contributed by atoms with Crippen LogP contribution in [0.3, 0.4) is 0 Å². The predicted molar refractivity (Wildman–Crippen MR) is 109 cm³/mol. The standard InChI is InChI=1S/C22H21NO4S/c1-17-8-6-7-9-19(17)16-27-22(24)18-12-14-21(15-13-18)28(25,26)23(2)20-10-4-3-5-11-20/h3-15H,16H2,1-2H3. The Kier molecular flexibility index (Phi) is 5.80. The van der Waals surface area contributed by atoms with Crippen molar-refractivity contribution >= 4 is 21.7 Å². The summed E-state index contributed by atoms with van der Waals surface area (Å²) in [5, 5.41) is 0. The van der Waals surface area contributed by atoms with Crippen LogP contribution in [0.1, 0.15) is 21.5 Å². The zero-order valence-corrected chi connectivity index (χ0v) is 16.5. The molecule has 0 aliphatic rings. The van der Waals surface area contributed by atoms with Crippen molar-refractivity contribution in [2.45, 2.75) is 18.4 Å². The van der Waals surface area contributed by atoms with Crippen LogP contribution in [0.2, 0.25) is 0 Å². The van der Waals surface area contributed by atoms with E-state index in [1.807, 2.05) is 37.3 Å². The van der Waals surface area contributed by atoms with Gasteiger partial charge < -0.3 is 4.74 Å². The molecule has 0 aromatic heterocycles. The summed E-state index contributed by atoms with van der Waals surface area (Å²) in [7, 11) is -2.22. The SMILES string of the molecule is Cc1ccccc1COC(=O)c1ccc(S(=O)(=O)N(C)c2ccccc2)cc1. The van der Waals surface area contributed by atoms with Gasteiger partial charge >= 0.3 is 5.97 Å². The van der Waals surface area contributed by atoms with Crippen molar-refractivity contribution in [3.63, 3.8) is 0 Å². The lowest BCUT2D eigenvalue weighted by Gasteiger charge is -2.19. The number of nitrogens with zero attached hydrogens (tertiary/aromatic N) is 1. The van der Waals surface area contributed by atoms with Gasteiger partial charge in [-0.2, -0.15) is 0 Å². The fourth-order valence-electron chi connectivity index (χ4n) is 2.70. The lowest BCUT2D eigenvalue weighted by Crippen LogP contribution is -2.26. The van der Waals surface area contributed by atoms with Crippen LogP contribution in [0, 0.1) is 6.92 Å². The second-order valence-electron chi connectivity index (χ2n) is 6.34. The third kappa shape index (κ3) is 4.23. The zero-order chi connectivity index (χ0) is 20.1. The highest BCUT2D eigenvalue weighted by atomic mass is 32.2. The first kappa shape index (κ1) is 19.6. The summed E-state index contributed by atoms with van der Waals surface area (Å²) in [6.45, 7) is 2.12. The molecule has 0 atom stereocenters. The molecule has 3 aromatic rings. The van der Waals surface area contributed by atoms with E-state index >= 15 is 0 Å². The Balaban J connectivity index is 1.72. The molecule has 0 saturated carbocycles. The van der Waals surface area contributed by atoms with E-state index in [4.69, 9.17) is 4.74 Å². The lowest BCUT2D eigenvalue weighted by molar-refractivity contribution is 0.0472. The summed E-state index contributed by atoms with van der Waals surface area (Å²) in [6.07, 6.45) is 0. The van der Waals surface area contributed by atoms with Gasteiger partial charge in [0.25, 0.3) is 10.0 Å². The van der Waals surface area contributed by atoms with Crippen LogP contribution in [0.15, 0.2) is 83.8 Å². The maximum Gasteiger partial charge on any atom is 0.338 e. The van der Waals surface area contributed by atoms with Crippen LogP contribution in [-0.4, -0.2) is 21.4 Å². The number of benzene rings is 3. The average molecular weight is 395 g/mol. The van der Waals surface area contributed by atoms with E-state index in [0.717, 1.165) is 11.1 Å². The summed E-state index contributed by atoms with van der Waals surface area (Å²) in [4.78, 5) is 12.4. The van der Waals surface area contributed by atoms with Gasteiger partial charge in [0.15, 0.2) is 0 Å². The Morgan fingerprint density at radius 2 is 1.50 bits per heavy atom. The van der Waals surface area contributed by atoms with E-state index in [0.29, 0.717) is 11.3 Å². The molecule has 0 spiro atoms. The van der Waals surface area contributed by atoms with Crippen LogP contribution in [0.25, 0.3) is 0 Å². The third-order valence-corrected chi connectivity index (χ3v) is 6.29. The maximum atomic E-state index is 12.8. The summed E-state index contributed by atoms with van der Waals surface area (Å²) in [5.41, 5.74) is 2.83. The molecule has 6 heteroatoms. The second kappa shape index (κ2) is 8.27. The van der Waals surface area contributed by atoms with Crippen molar-refractivity contribution in [1.29, 1.82) is 0 Å². The van der Waals surface area contributed by atoms with E-state index < -0.39 is 16.0 Å². The number of hydrogen-bond donors (Lipinski definition) is 0. The first-order valence-corrected chi connectivity index (χ1v) is 10.2. The van der Waals surface area contributed by atoms with Gasteiger partial charge in [-0.05, 0) is 54.4 Å². The number of anilines is 1. The van der Waals surface area contributed by atoms with Gasteiger partial charge in [-0.15, -0.1) is 0 Å². The minimum Gasteiger partial charge on any atom is -0.457 e. The number of aryl methyl sites for hydroxylation is 1. The van der Waals surface area contributed by atoms with Crippen LogP contribution < -0.4 is 4.31 Å². The molecule has 144 valence electrons. The molecule has 0 heterocycles. The Labute approximate surface area is 165 Å².